The molecule has 4 fully saturated rings. The number of carbonyl (C=O) groups is 8. The molecular weight excluding hydrogens is 1480 g/mol. The van der Waals surface area contributed by atoms with Crippen LogP contribution >= 0.6 is 0 Å². The molecule has 6 amide bonds. The Bertz CT molecular complexity index is 5550. The molecule has 21 nitrogen and oxygen atoms in total. The van der Waals surface area contributed by atoms with Gasteiger partial charge in [0.2, 0.25) is 35.4 Å². The normalized spacial score (nSPS) is 16.9. The SMILES string of the molecule is COC(=O)C(Cc1cnc[nH]1)NC(=O)[C@@H](Cc1ccccc1)NC(=O)CCCC(=O)c1cc2[nH]c1c(-c1ccccc1NC(=O)C1(C)CCCCC1)c1nc(c(-c3ccccc3NC(=O)C3(C)CCCCC3)c3ccc([nH]3)c(-c3ccccc3NC(=O)C3(C)CCCCC3)c3nc(c2-c2ccccc2NC(=O)C2(C)CCCCC2)C=C3)C=C1. The van der Waals surface area contributed by atoms with E-state index < -0.39 is 51.5 Å². The molecule has 2 atom stereocenters. The lowest BCUT2D eigenvalue weighted by atomic mass is 9.75. The fourth-order valence-corrected chi connectivity index (χ4v) is 18.3. The van der Waals surface area contributed by atoms with Gasteiger partial charge in [-0.1, -0.05) is 208 Å². The van der Waals surface area contributed by atoms with Gasteiger partial charge in [0.25, 0.3) is 0 Å². The molecule has 4 aromatic heterocycles. The zero-order valence-corrected chi connectivity index (χ0v) is 68.2. The monoisotopic (exact) mass is 1580 g/mol. The van der Waals surface area contributed by atoms with Crippen LogP contribution in [0.5, 0.6) is 0 Å². The van der Waals surface area contributed by atoms with Crippen molar-refractivity contribution in [3.8, 4) is 44.5 Å². The van der Waals surface area contributed by atoms with Crippen molar-refractivity contribution in [2.45, 2.75) is 200 Å². The van der Waals surface area contributed by atoms with Gasteiger partial charge in [-0.05, 0) is 130 Å². The van der Waals surface area contributed by atoms with E-state index in [0.29, 0.717) is 143 Å². The number of esters is 1. The van der Waals surface area contributed by atoms with E-state index in [4.69, 9.17) is 14.7 Å². The Balaban J connectivity index is 0.965. The van der Waals surface area contributed by atoms with Crippen molar-refractivity contribution >= 4 is 116 Å². The maximum Gasteiger partial charge on any atom is 0.328 e. The van der Waals surface area contributed by atoms with Gasteiger partial charge in [0.05, 0.1) is 41.7 Å². The summed E-state index contributed by atoms with van der Waals surface area (Å²) in [7, 11) is 1.24. The number of Topliss-reactive ketones (excluding diaryl/α,β-unsaturated/α-hetero) is 1. The van der Waals surface area contributed by atoms with Crippen LogP contribution in [0.15, 0.2) is 158 Å². The Morgan fingerprint density at radius 1 is 0.424 bits per heavy atom. The number of anilines is 4. The summed E-state index contributed by atoms with van der Waals surface area (Å²) in [4.78, 5) is 145. The van der Waals surface area contributed by atoms with Gasteiger partial charge in [-0.2, -0.15) is 0 Å². The Morgan fingerprint density at radius 3 is 1.22 bits per heavy atom. The number of benzene rings is 5. The third-order valence-electron chi connectivity index (χ3n) is 25.5. The van der Waals surface area contributed by atoms with Gasteiger partial charge in [0.15, 0.2) is 5.78 Å². The van der Waals surface area contributed by atoms with Gasteiger partial charge in [0.1, 0.15) is 12.1 Å². The van der Waals surface area contributed by atoms with Crippen LogP contribution in [0, 0.1) is 21.7 Å². The zero-order valence-electron chi connectivity index (χ0n) is 68.2. The minimum absolute atomic E-state index is 0.0113. The smallest absolute Gasteiger partial charge is 0.328 e. The minimum Gasteiger partial charge on any atom is -0.467 e. The predicted octanol–water partition coefficient (Wildman–Crippen LogP) is 19.7. The van der Waals surface area contributed by atoms with Crippen LogP contribution in [-0.4, -0.2) is 96.3 Å². The van der Waals surface area contributed by atoms with E-state index in [0.717, 1.165) is 108 Å². The number of rotatable bonds is 25. The van der Waals surface area contributed by atoms with Crippen LogP contribution in [0.25, 0.3) is 90.9 Å². The number of H-pyrrole nitrogens is 3. The van der Waals surface area contributed by atoms with Crippen molar-refractivity contribution in [1.29, 1.82) is 0 Å². The second-order valence-corrected chi connectivity index (χ2v) is 34.1. The number of nitrogens with zero attached hydrogens (tertiary/aromatic N) is 3. The van der Waals surface area contributed by atoms with Gasteiger partial charge in [-0.25, -0.2) is 19.7 Å². The molecule has 608 valence electrons. The highest BCUT2D eigenvalue weighted by atomic mass is 16.5. The second kappa shape index (κ2) is 35.4. The number of imidazole rings is 1. The molecule has 4 aliphatic carbocycles. The molecule has 9 N–H and O–H groups in total. The first-order chi connectivity index (χ1) is 57.2. The lowest BCUT2D eigenvalue weighted by Gasteiger charge is -2.32. The lowest BCUT2D eigenvalue weighted by molar-refractivity contribution is -0.145. The van der Waals surface area contributed by atoms with Crippen molar-refractivity contribution in [3.05, 3.63) is 198 Å². The maximum atomic E-state index is 16.4. The Labute approximate surface area is 688 Å². The van der Waals surface area contributed by atoms with Crippen molar-refractivity contribution in [3.63, 3.8) is 0 Å². The fourth-order valence-electron chi connectivity index (χ4n) is 18.3. The molecule has 15 rings (SSSR count). The summed E-state index contributed by atoms with van der Waals surface area (Å²) in [5.41, 5.74) is 9.69. The van der Waals surface area contributed by atoms with Gasteiger partial charge < -0.3 is 51.6 Å². The van der Waals surface area contributed by atoms with Crippen LogP contribution in [0.1, 0.15) is 220 Å². The largest absolute Gasteiger partial charge is 0.467 e. The molecule has 118 heavy (non-hydrogen) atoms. The summed E-state index contributed by atoms with van der Waals surface area (Å²) in [6, 6.07) is 43.5. The van der Waals surface area contributed by atoms with Crippen LogP contribution in [0.2, 0.25) is 0 Å². The summed E-state index contributed by atoms with van der Waals surface area (Å²) in [6.45, 7) is 8.16. The fraction of sp³-hybridized carbons (Fsp3) is 0.371. The Kier molecular flexibility index (Phi) is 24.3. The standard InChI is InChI=1S/C97H106N12O9/c1-94(48-21-7-22-49-94)90(114)106-68-36-17-13-32-63(68)83-72-42-43-73(100-72)84(64-33-14-18-37-69(64)107-91(115)95(2)50-23-8-24-51-95)75-46-47-77(102-75)86(66-35-16-20-39-71(66)109-93(117)97(4)54-27-10-28-55-97)87-67(58-78(104-87)85(76-45-44-74(83)101-76)65-34-15-19-38-70(65)108-92(116)96(3)52-25-9-26-53-96)81(110)40-29-41-82(111)103-79(56-61-30-11-6-12-31-61)88(112)105-80(89(113)118-5)57-62-59-98-60-99-62/h6,11-20,30-39,42-47,58-60,79-80,100,104H,7-10,21-29,40-41,48-57H2,1-5H3,(H,98,99)(H,103,111)(H,105,112)(H,106,114)(H,107,115)(H,108,116)(H,109,117)/t79-,80?/m1/s1. The third-order valence-corrected chi connectivity index (χ3v) is 25.5. The number of carbonyl (C=O) groups excluding carboxylic acids is 8. The molecule has 0 spiro atoms. The molecule has 6 heterocycles. The molecule has 8 bridgehead atoms. The number of nitrogens with one attached hydrogen (secondary N) is 9. The summed E-state index contributed by atoms with van der Waals surface area (Å²) in [6.07, 6.45) is 27.9. The average molecular weight is 1580 g/mol. The van der Waals surface area contributed by atoms with E-state index in [9.17, 15) is 24.0 Å². The van der Waals surface area contributed by atoms with Crippen LogP contribution in [0.4, 0.5) is 22.7 Å². The van der Waals surface area contributed by atoms with E-state index in [-0.39, 0.29) is 67.1 Å². The molecule has 9 aromatic rings. The molecule has 0 saturated heterocycles. The summed E-state index contributed by atoms with van der Waals surface area (Å²) in [5.74, 6) is -2.60. The number of ketones is 1. The van der Waals surface area contributed by atoms with Gasteiger partial charge in [-0.15, -0.1) is 0 Å². The number of amides is 6. The molecule has 1 unspecified atom stereocenters. The predicted molar refractivity (Wildman–Crippen MR) is 466 cm³/mol. The molecule has 2 aliphatic heterocycles. The minimum atomic E-state index is -1.16. The topological polar surface area (TPSA) is 304 Å². The first kappa shape index (κ1) is 81.0. The van der Waals surface area contributed by atoms with E-state index in [1.165, 1.54) is 13.4 Å². The maximum absolute atomic E-state index is 16.4. The number of aromatic nitrogens is 6. The summed E-state index contributed by atoms with van der Waals surface area (Å²) < 4.78 is 5.13. The van der Waals surface area contributed by atoms with Crippen molar-refractivity contribution < 1.29 is 43.1 Å². The summed E-state index contributed by atoms with van der Waals surface area (Å²) >= 11 is 0. The molecule has 21 heteroatoms. The van der Waals surface area contributed by atoms with Crippen molar-refractivity contribution in [1.82, 2.24) is 40.5 Å². The van der Waals surface area contributed by atoms with E-state index in [1.54, 1.807) is 6.20 Å². The lowest BCUT2D eigenvalue weighted by Crippen LogP contribution is -2.53. The molecule has 6 aliphatic rings. The van der Waals surface area contributed by atoms with Crippen LogP contribution in [-0.2, 0) is 51.1 Å². The van der Waals surface area contributed by atoms with E-state index >= 15 is 14.4 Å². The van der Waals surface area contributed by atoms with E-state index in [1.807, 2.05) is 184 Å². The van der Waals surface area contributed by atoms with Gasteiger partial charge in [-0.3, -0.25) is 33.6 Å². The Hall–Kier alpha value is -12.1. The number of methoxy groups -OCH3 is 1. The second-order valence-electron chi connectivity index (χ2n) is 34.1. The van der Waals surface area contributed by atoms with Gasteiger partial charge >= 0.3 is 5.97 Å². The number of hydrogen-bond donors (Lipinski definition) is 9. The summed E-state index contributed by atoms with van der Waals surface area (Å²) in [5, 5.41) is 19.5. The number of ether oxygens (including phenoxy) is 1. The highest BCUT2D eigenvalue weighted by Gasteiger charge is 2.40. The number of aromatic amines is 3. The average Bonchev–Trinajstić information content (AvgIpc) is 1.59. The van der Waals surface area contributed by atoms with E-state index in [2.05, 4.69) is 65.7 Å². The highest BCUT2D eigenvalue weighted by molar-refractivity contribution is 6.14. The highest BCUT2D eigenvalue weighted by Crippen LogP contribution is 2.48. The zero-order chi connectivity index (χ0) is 82.1. The van der Waals surface area contributed by atoms with Crippen LogP contribution < -0.4 is 31.9 Å². The molecule has 5 aromatic carbocycles. The first-order valence-corrected chi connectivity index (χ1v) is 42.2. The van der Waals surface area contributed by atoms with Crippen molar-refractivity contribution in [2.24, 2.45) is 21.7 Å². The quantitative estimate of drug-likeness (QED) is 0.0191. The number of para-hydroxylation sites is 4. The first-order valence-electron chi connectivity index (χ1n) is 42.2. The van der Waals surface area contributed by atoms with Crippen LogP contribution in [0.3, 0.4) is 0 Å². The molecular formula is C97H106N12O9. The van der Waals surface area contributed by atoms with Crippen molar-refractivity contribution in [2.75, 3.05) is 28.4 Å². The Morgan fingerprint density at radius 2 is 0.814 bits per heavy atom. The molecule has 4 saturated carbocycles. The number of fused-ring (bicyclic) bond motifs is 8. The van der Waals surface area contributed by atoms with Gasteiger partial charge in [0, 0.05) is 149 Å². The molecule has 0 radical (unpaired) electrons. The third kappa shape index (κ3) is 17.6. The number of hydrogen-bond acceptors (Lipinski definition) is 12.